The molecule has 0 aliphatic heterocycles. The summed E-state index contributed by atoms with van der Waals surface area (Å²) in [6.45, 7) is 0. The van der Waals surface area contributed by atoms with E-state index in [1.165, 1.54) is 0 Å². The summed E-state index contributed by atoms with van der Waals surface area (Å²) in [4.78, 5) is 0. The lowest BCUT2D eigenvalue weighted by atomic mass is 9.97. The third kappa shape index (κ3) is 0.729. The van der Waals surface area contributed by atoms with Crippen molar-refractivity contribution in [1.29, 1.82) is 0 Å². The van der Waals surface area contributed by atoms with Gasteiger partial charge in [-0.3, -0.25) is 0 Å². The van der Waals surface area contributed by atoms with Crippen molar-refractivity contribution < 1.29 is 0 Å². The molecule has 0 saturated carbocycles. The minimum absolute atomic E-state index is 0.701. The topological polar surface area (TPSA) is 0 Å². The first-order chi connectivity index (χ1) is 5.88. The van der Waals surface area contributed by atoms with Gasteiger partial charge in [0.05, 0.1) is 0 Å². The first kappa shape index (κ1) is 7.13. The summed E-state index contributed by atoms with van der Waals surface area (Å²) in [5.41, 5.74) is 3.12. The van der Waals surface area contributed by atoms with Crippen LogP contribution in [0.5, 0.6) is 0 Å². The van der Waals surface area contributed by atoms with E-state index < -0.39 is 0 Å². The molecular formula is C11H9I. The predicted octanol–water partition coefficient (Wildman–Crippen LogP) is 3.24. The SMILES string of the molecule is IC1C2C=CC1c1ccccc12. The molecule has 0 radical (unpaired) electrons. The minimum atomic E-state index is 0.701. The van der Waals surface area contributed by atoms with Gasteiger partial charge in [-0.25, -0.2) is 0 Å². The molecule has 3 rings (SSSR count). The number of fused-ring (bicyclic) bond motifs is 5. The van der Waals surface area contributed by atoms with Crippen molar-refractivity contribution in [3.8, 4) is 0 Å². The van der Waals surface area contributed by atoms with E-state index >= 15 is 0 Å². The standard InChI is InChI=1S/C11H9I/c12-11-9-5-6-10(11)8-4-2-1-3-7(8)9/h1-6,9-11H. The van der Waals surface area contributed by atoms with Gasteiger partial charge in [0, 0.05) is 15.8 Å². The molecule has 0 spiro atoms. The second kappa shape index (κ2) is 2.34. The number of alkyl halides is 1. The van der Waals surface area contributed by atoms with Crippen LogP contribution in [0.3, 0.4) is 0 Å². The number of halogens is 1. The highest BCUT2D eigenvalue weighted by atomic mass is 127. The number of rotatable bonds is 0. The summed E-state index contributed by atoms with van der Waals surface area (Å²) in [5.74, 6) is 1.40. The number of hydrogen-bond donors (Lipinski definition) is 0. The molecule has 2 bridgehead atoms. The van der Waals surface area contributed by atoms with Crippen molar-refractivity contribution in [3.05, 3.63) is 47.5 Å². The van der Waals surface area contributed by atoms with Gasteiger partial charge in [-0.2, -0.15) is 0 Å². The van der Waals surface area contributed by atoms with Crippen molar-refractivity contribution >= 4 is 22.6 Å². The number of allylic oxidation sites excluding steroid dienone is 2. The second-order valence-electron chi connectivity index (χ2n) is 3.51. The molecule has 1 aromatic carbocycles. The van der Waals surface area contributed by atoms with Crippen LogP contribution in [0, 0.1) is 0 Å². The van der Waals surface area contributed by atoms with Gasteiger partial charge in [-0.15, -0.1) is 0 Å². The summed E-state index contributed by atoms with van der Waals surface area (Å²) in [5, 5.41) is 0. The van der Waals surface area contributed by atoms with E-state index in [2.05, 4.69) is 59.0 Å². The Morgan fingerprint density at radius 1 is 0.917 bits per heavy atom. The molecule has 12 heavy (non-hydrogen) atoms. The molecule has 0 fully saturated rings. The van der Waals surface area contributed by atoms with Gasteiger partial charge >= 0.3 is 0 Å². The average molecular weight is 268 g/mol. The Balaban J connectivity index is 2.25. The molecule has 0 saturated heterocycles. The Labute approximate surface area is 85.8 Å². The Hall–Kier alpha value is -0.310. The average Bonchev–Trinajstić information content (AvgIpc) is 2.61. The fourth-order valence-corrected chi connectivity index (χ4v) is 3.60. The van der Waals surface area contributed by atoms with Crippen molar-refractivity contribution in [2.24, 2.45) is 0 Å². The zero-order valence-corrected chi connectivity index (χ0v) is 8.73. The van der Waals surface area contributed by atoms with Gasteiger partial charge in [0.1, 0.15) is 0 Å². The van der Waals surface area contributed by atoms with E-state index in [1.807, 2.05) is 0 Å². The molecule has 1 aromatic rings. The minimum Gasteiger partial charge on any atom is -0.0806 e. The number of benzene rings is 1. The van der Waals surface area contributed by atoms with Crippen molar-refractivity contribution in [3.63, 3.8) is 0 Å². The highest BCUT2D eigenvalue weighted by Gasteiger charge is 2.39. The van der Waals surface area contributed by atoms with Crippen LogP contribution in [0.25, 0.3) is 0 Å². The fraction of sp³-hybridized carbons (Fsp3) is 0.273. The van der Waals surface area contributed by atoms with Crippen molar-refractivity contribution in [2.75, 3.05) is 0 Å². The van der Waals surface area contributed by atoms with Crippen LogP contribution in [-0.4, -0.2) is 3.92 Å². The maximum absolute atomic E-state index is 2.58. The first-order valence-corrected chi connectivity index (χ1v) is 5.54. The zero-order valence-electron chi connectivity index (χ0n) is 6.57. The maximum atomic E-state index is 2.58. The molecular weight excluding hydrogens is 259 g/mol. The van der Waals surface area contributed by atoms with Crippen LogP contribution in [-0.2, 0) is 0 Å². The summed E-state index contributed by atoms with van der Waals surface area (Å²) >= 11 is 2.58. The van der Waals surface area contributed by atoms with Crippen LogP contribution in [0.1, 0.15) is 23.0 Å². The van der Waals surface area contributed by atoms with Crippen molar-refractivity contribution in [1.82, 2.24) is 0 Å². The largest absolute Gasteiger partial charge is 0.0806 e. The van der Waals surface area contributed by atoms with Gasteiger partial charge in [-0.1, -0.05) is 59.0 Å². The summed E-state index contributed by atoms with van der Waals surface area (Å²) in [6.07, 6.45) is 4.73. The van der Waals surface area contributed by atoms with Crippen LogP contribution >= 0.6 is 22.6 Å². The highest BCUT2D eigenvalue weighted by molar-refractivity contribution is 14.1. The van der Waals surface area contributed by atoms with Crippen LogP contribution in [0.2, 0.25) is 0 Å². The molecule has 0 N–H and O–H groups in total. The van der Waals surface area contributed by atoms with Gasteiger partial charge in [0.15, 0.2) is 0 Å². The van der Waals surface area contributed by atoms with E-state index in [4.69, 9.17) is 0 Å². The normalized spacial score (nSPS) is 35.6. The lowest BCUT2D eigenvalue weighted by Gasteiger charge is -2.07. The van der Waals surface area contributed by atoms with E-state index in [1.54, 1.807) is 11.1 Å². The molecule has 60 valence electrons. The number of hydrogen-bond acceptors (Lipinski definition) is 0. The summed E-state index contributed by atoms with van der Waals surface area (Å²) in [7, 11) is 0. The Bertz CT molecular complexity index is 321. The van der Waals surface area contributed by atoms with Gasteiger partial charge in [0.25, 0.3) is 0 Å². The van der Waals surface area contributed by atoms with E-state index in [0.717, 1.165) is 3.92 Å². The van der Waals surface area contributed by atoms with E-state index in [-0.39, 0.29) is 0 Å². The van der Waals surface area contributed by atoms with Crippen LogP contribution < -0.4 is 0 Å². The lowest BCUT2D eigenvalue weighted by Crippen LogP contribution is -2.00. The summed E-state index contributed by atoms with van der Waals surface area (Å²) < 4.78 is 0.778. The fourth-order valence-electron chi connectivity index (χ4n) is 2.34. The molecule has 2 aliphatic carbocycles. The third-order valence-electron chi connectivity index (χ3n) is 2.93. The highest BCUT2D eigenvalue weighted by Crippen LogP contribution is 2.51. The van der Waals surface area contributed by atoms with Gasteiger partial charge in [0.2, 0.25) is 0 Å². The third-order valence-corrected chi connectivity index (χ3v) is 4.48. The second-order valence-corrected chi connectivity index (χ2v) is 4.95. The quantitative estimate of drug-likeness (QED) is 0.385. The molecule has 0 nitrogen and oxygen atoms in total. The van der Waals surface area contributed by atoms with Gasteiger partial charge < -0.3 is 0 Å². The van der Waals surface area contributed by atoms with Crippen molar-refractivity contribution in [2.45, 2.75) is 15.8 Å². The molecule has 1 heteroatoms. The zero-order chi connectivity index (χ0) is 8.13. The predicted molar refractivity (Wildman–Crippen MR) is 58.9 cm³/mol. The molecule has 0 aromatic heterocycles. The van der Waals surface area contributed by atoms with E-state index in [0.29, 0.717) is 11.8 Å². The lowest BCUT2D eigenvalue weighted by molar-refractivity contribution is 0.858. The Morgan fingerprint density at radius 2 is 1.42 bits per heavy atom. The van der Waals surface area contributed by atoms with Gasteiger partial charge in [-0.05, 0) is 11.1 Å². The molecule has 2 unspecified atom stereocenters. The van der Waals surface area contributed by atoms with Crippen LogP contribution in [0.15, 0.2) is 36.4 Å². The molecule has 2 atom stereocenters. The molecule has 0 amide bonds. The first-order valence-electron chi connectivity index (χ1n) is 4.29. The maximum Gasteiger partial charge on any atom is 0.0316 e. The smallest absolute Gasteiger partial charge is 0.0316 e. The monoisotopic (exact) mass is 268 g/mol. The summed E-state index contributed by atoms with van der Waals surface area (Å²) in [6, 6.07) is 8.85. The van der Waals surface area contributed by atoms with Crippen LogP contribution in [0.4, 0.5) is 0 Å². The molecule has 0 heterocycles. The Morgan fingerprint density at radius 3 is 1.92 bits per heavy atom. The molecule has 2 aliphatic rings. The Kier molecular flexibility index (Phi) is 1.39. The van der Waals surface area contributed by atoms with E-state index in [9.17, 15) is 0 Å².